The summed E-state index contributed by atoms with van der Waals surface area (Å²) in [7, 11) is 0. The van der Waals surface area contributed by atoms with Gasteiger partial charge in [-0.15, -0.1) is 0 Å². The van der Waals surface area contributed by atoms with Crippen molar-refractivity contribution in [2.75, 3.05) is 6.61 Å². The molecule has 0 fully saturated rings. The van der Waals surface area contributed by atoms with Gasteiger partial charge in [0.25, 0.3) is 5.91 Å². The minimum atomic E-state index is -1.43. The summed E-state index contributed by atoms with van der Waals surface area (Å²) in [6, 6.07) is 5.02. The van der Waals surface area contributed by atoms with E-state index in [1.807, 2.05) is 13.8 Å². The number of phenols is 1. The number of aromatic hydroxyl groups is 1. The zero-order valence-corrected chi connectivity index (χ0v) is 19.2. The molecule has 0 aliphatic carbocycles. The lowest BCUT2D eigenvalue weighted by Gasteiger charge is -2.30. The number of ether oxygens (including phenoxy) is 1. The topological polar surface area (TPSA) is 128 Å². The molecule has 0 aliphatic rings. The van der Waals surface area contributed by atoms with Crippen LogP contribution in [0.3, 0.4) is 0 Å². The molecule has 0 saturated heterocycles. The van der Waals surface area contributed by atoms with Gasteiger partial charge in [-0.2, -0.15) is 0 Å². The Balaban J connectivity index is 3.24. The molecule has 0 bridgehead atoms. The summed E-state index contributed by atoms with van der Waals surface area (Å²) in [4.78, 5) is 39.1. The van der Waals surface area contributed by atoms with Crippen LogP contribution in [-0.2, 0) is 14.3 Å². The number of hydrogen-bond donors (Lipinski definition) is 4. The highest BCUT2D eigenvalue weighted by Gasteiger charge is 2.36. The van der Waals surface area contributed by atoms with Crippen LogP contribution < -0.4 is 10.6 Å². The molecule has 1 aromatic carbocycles. The van der Waals surface area contributed by atoms with Gasteiger partial charge in [-0.3, -0.25) is 14.5 Å². The van der Waals surface area contributed by atoms with Gasteiger partial charge >= 0.3 is 6.09 Å². The molecule has 1 aromatic rings. The molecule has 9 heteroatoms. The molecule has 9 nitrogen and oxygen atoms in total. The lowest BCUT2D eigenvalue weighted by Crippen LogP contribution is -2.53. The van der Waals surface area contributed by atoms with Gasteiger partial charge in [0.05, 0.1) is 6.61 Å². The molecule has 0 spiro atoms. The molecule has 1 rings (SSSR count). The van der Waals surface area contributed by atoms with E-state index >= 15 is 0 Å². The van der Waals surface area contributed by atoms with Crippen molar-refractivity contribution < 1.29 is 29.3 Å². The number of nitrogens with one attached hydrogen (secondary N) is 2. The van der Waals surface area contributed by atoms with E-state index in [0.717, 1.165) is 17.7 Å². The van der Waals surface area contributed by atoms with Crippen LogP contribution in [-0.4, -0.2) is 57.3 Å². The Morgan fingerprint density at radius 1 is 1.19 bits per heavy atom. The lowest BCUT2D eigenvalue weighted by molar-refractivity contribution is -0.139. The molecule has 32 heavy (non-hydrogen) atoms. The maximum absolute atomic E-state index is 13.1. The van der Waals surface area contributed by atoms with Crippen molar-refractivity contribution in [1.29, 1.82) is 0 Å². The number of aliphatic hydroxyl groups excluding tert-OH is 1. The van der Waals surface area contributed by atoms with Crippen LogP contribution in [0.2, 0.25) is 0 Å². The van der Waals surface area contributed by atoms with Gasteiger partial charge in [-0.05, 0) is 51.8 Å². The Labute approximate surface area is 189 Å². The lowest BCUT2D eigenvalue weighted by atomic mass is 10.0. The van der Waals surface area contributed by atoms with Crippen molar-refractivity contribution in [2.45, 2.75) is 71.2 Å². The minimum Gasteiger partial charge on any atom is -0.508 e. The van der Waals surface area contributed by atoms with E-state index in [-0.39, 0.29) is 11.8 Å². The van der Waals surface area contributed by atoms with Crippen LogP contribution in [0.5, 0.6) is 5.75 Å². The maximum atomic E-state index is 13.1. The quantitative estimate of drug-likeness (QED) is 0.339. The molecule has 176 valence electrons. The molecular weight excluding hydrogens is 414 g/mol. The highest BCUT2D eigenvalue weighted by molar-refractivity contribution is 5.93. The number of terminal acetylenes is 1. The number of phenolic OH excluding ortho intramolecular Hbond substituents is 1. The zero-order chi connectivity index (χ0) is 24.5. The molecule has 3 amide bonds. The maximum Gasteiger partial charge on any atom is 0.408 e. The monoisotopic (exact) mass is 447 g/mol. The van der Waals surface area contributed by atoms with E-state index in [9.17, 15) is 24.6 Å². The van der Waals surface area contributed by atoms with E-state index in [2.05, 4.69) is 16.7 Å². The minimum absolute atomic E-state index is 0.0225. The third-order valence-electron chi connectivity index (χ3n) is 4.37. The molecule has 3 unspecified atom stereocenters. The van der Waals surface area contributed by atoms with E-state index in [0.29, 0.717) is 5.56 Å². The zero-order valence-electron chi connectivity index (χ0n) is 19.2. The molecule has 0 aromatic heterocycles. The van der Waals surface area contributed by atoms with Gasteiger partial charge < -0.3 is 25.6 Å². The van der Waals surface area contributed by atoms with Crippen LogP contribution in [0.1, 0.15) is 59.1 Å². The van der Waals surface area contributed by atoms with Crippen molar-refractivity contribution in [3.05, 3.63) is 29.8 Å². The Hall–Kier alpha value is -3.25. The number of nitrogens with zero attached hydrogens (tertiary/aromatic N) is 1. The Bertz CT molecular complexity index is 826. The number of benzene rings is 1. The summed E-state index contributed by atoms with van der Waals surface area (Å²) in [5, 5.41) is 24.4. The fourth-order valence-corrected chi connectivity index (χ4v) is 2.97. The number of hydrogen-bond acceptors (Lipinski definition) is 6. The summed E-state index contributed by atoms with van der Waals surface area (Å²) in [6.07, 6.45) is 6.24. The fourth-order valence-electron chi connectivity index (χ4n) is 2.97. The SMILES string of the molecule is C#CN(C(=O)C(CO)NC(=O)OC(C)(C)C)C(C(=O)NC(C)CCC)c1ccc(O)cc1. The Morgan fingerprint density at radius 3 is 2.25 bits per heavy atom. The van der Waals surface area contributed by atoms with Crippen LogP contribution in [0, 0.1) is 12.5 Å². The fraction of sp³-hybridized carbons (Fsp3) is 0.522. The summed E-state index contributed by atoms with van der Waals surface area (Å²) in [5.74, 6) is -1.42. The van der Waals surface area contributed by atoms with Crippen LogP contribution in [0.25, 0.3) is 0 Å². The highest BCUT2D eigenvalue weighted by atomic mass is 16.6. The first-order chi connectivity index (χ1) is 14.9. The van der Waals surface area contributed by atoms with Crippen LogP contribution in [0.15, 0.2) is 24.3 Å². The Kier molecular flexibility index (Phi) is 10.0. The van der Waals surface area contributed by atoms with Crippen molar-refractivity contribution in [3.8, 4) is 18.2 Å². The molecule has 4 N–H and O–H groups in total. The molecule has 0 saturated carbocycles. The number of carbonyl (C=O) groups is 3. The van der Waals surface area contributed by atoms with E-state index < -0.39 is 42.2 Å². The Morgan fingerprint density at radius 2 is 1.78 bits per heavy atom. The third-order valence-corrected chi connectivity index (χ3v) is 4.37. The summed E-state index contributed by atoms with van der Waals surface area (Å²) in [6.45, 7) is 8.01. The molecule has 0 heterocycles. The number of alkyl carbamates (subject to hydrolysis) is 1. The summed E-state index contributed by atoms with van der Waals surface area (Å²) < 4.78 is 5.13. The summed E-state index contributed by atoms with van der Waals surface area (Å²) >= 11 is 0. The smallest absolute Gasteiger partial charge is 0.408 e. The van der Waals surface area contributed by atoms with Gasteiger partial charge in [0.1, 0.15) is 23.4 Å². The number of amides is 3. The predicted molar refractivity (Wildman–Crippen MR) is 119 cm³/mol. The predicted octanol–water partition coefficient (Wildman–Crippen LogP) is 2.04. The number of rotatable bonds is 9. The second-order valence-electron chi connectivity index (χ2n) is 8.41. The number of aliphatic hydroxyl groups is 1. The average Bonchev–Trinajstić information content (AvgIpc) is 2.69. The van der Waals surface area contributed by atoms with Gasteiger partial charge in [-0.1, -0.05) is 31.9 Å². The molecule has 3 atom stereocenters. The first kappa shape index (κ1) is 26.8. The van der Waals surface area contributed by atoms with Crippen molar-refractivity contribution in [2.24, 2.45) is 0 Å². The largest absolute Gasteiger partial charge is 0.508 e. The molecular formula is C23H33N3O6. The van der Waals surface area contributed by atoms with Crippen molar-refractivity contribution >= 4 is 17.9 Å². The first-order valence-electron chi connectivity index (χ1n) is 10.4. The summed E-state index contributed by atoms with van der Waals surface area (Å²) in [5.41, 5.74) is -0.465. The van der Waals surface area contributed by atoms with Gasteiger partial charge in [-0.25, -0.2) is 4.79 Å². The number of carbonyl (C=O) groups excluding carboxylic acids is 3. The van der Waals surface area contributed by atoms with E-state index in [1.54, 1.807) is 20.8 Å². The normalized spacial score (nSPS) is 13.8. The standard InChI is InChI=1S/C23H33N3O6/c1-7-9-15(3)24-20(29)19(16-10-12-17(28)13-11-16)26(8-2)21(30)18(14-27)25-22(31)32-23(4,5)6/h2,10-13,15,18-19,27-28H,7,9,14H2,1,3-6H3,(H,24,29)(H,25,31). The first-order valence-corrected chi connectivity index (χ1v) is 10.4. The second kappa shape index (κ2) is 12.0. The molecule has 0 radical (unpaired) electrons. The van der Waals surface area contributed by atoms with E-state index in [4.69, 9.17) is 11.2 Å². The average molecular weight is 448 g/mol. The molecule has 0 aliphatic heterocycles. The van der Waals surface area contributed by atoms with E-state index in [1.165, 1.54) is 24.3 Å². The van der Waals surface area contributed by atoms with Crippen molar-refractivity contribution in [3.63, 3.8) is 0 Å². The van der Waals surface area contributed by atoms with Crippen LogP contribution >= 0.6 is 0 Å². The second-order valence-corrected chi connectivity index (χ2v) is 8.41. The van der Waals surface area contributed by atoms with Gasteiger partial charge in [0, 0.05) is 12.1 Å². The highest BCUT2D eigenvalue weighted by Crippen LogP contribution is 2.24. The van der Waals surface area contributed by atoms with Crippen LogP contribution in [0.4, 0.5) is 4.79 Å². The van der Waals surface area contributed by atoms with Crippen molar-refractivity contribution in [1.82, 2.24) is 15.5 Å². The third kappa shape index (κ3) is 8.12. The van der Waals surface area contributed by atoms with Gasteiger partial charge in [0.15, 0.2) is 0 Å². The van der Waals surface area contributed by atoms with Gasteiger partial charge in [0.2, 0.25) is 5.91 Å².